The molecule has 9 heteroatoms. The zero-order valence-corrected chi connectivity index (χ0v) is 13.7. The van der Waals surface area contributed by atoms with E-state index in [-0.39, 0.29) is 17.1 Å². The summed E-state index contributed by atoms with van der Waals surface area (Å²) in [4.78, 5) is 22.0. The minimum Gasteiger partial charge on any atom is -0.478 e. The first-order valence-corrected chi connectivity index (χ1v) is 8.15. The molecule has 0 spiro atoms. The lowest BCUT2D eigenvalue weighted by atomic mass is 10.1. The topological polar surface area (TPSA) is 110 Å². The zero-order valence-electron chi connectivity index (χ0n) is 11.3. The molecule has 0 aliphatic carbocycles. The number of carbonyl (C=O) groups is 2. The van der Waals surface area contributed by atoms with Crippen molar-refractivity contribution in [3.63, 3.8) is 0 Å². The predicted octanol–water partition coefficient (Wildman–Crippen LogP) is 1.30. The summed E-state index contributed by atoms with van der Waals surface area (Å²) in [6.45, 7) is 2.77. The number of nitrogens with one attached hydrogen (secondary N) is 1. The second kappa shape index (κ2) is 7.01. The number of sulfonamides is 1. The van der Waals surface area contributed by atoms with Crippen LogP contribution in [-0.4, -0.2) is 38.6 Å². The molecule has 0 aliphatic rings. The van der Waals surface area contributed by atoms with E-state index in [0.717, 1.165) is 6.07 Å². The monoisotopic (exact) mass is 379 g/mol. The molecule has 0 saturated heterocycles. The van der Waals surface area contributed by atoms with Gasteiger partial charge in [-0.05, 0) is 31.5 Å². The summed E-state index contributed by atoms with van der Waals surface area (Å²) in [6.07, 6.45) is 0. The number of carbonyl (C=O) groups excluding carboxylic acids is 1. The number of rotatable bonds is 6. The average molecular weight is 380 g/mol. The number of benzene rings is 1. The van der Waals surface area contributed by atoms with Gasteiger partial charge in [0.1, 0.15) is 6.54 Å². The van der Waals surface area contributed by atoms with Crippen LogP contribution in [0.4, 0.5) is 0 Å². The number of hydrogen-bond donors (Lipinski definition) is 2. The maximum atomic E-state index is 12.0. The normalized spacial score (nSPS) is 11.2. The van der Waals surface area contributed by atoms with Crippen molar-refractivity contribution in [2.75, 3.05) is 13.2 Å². The second-order valence-electron chi connectivity index (χ2n) is 4.01. The summed E-state index contributed by atoms with van der Waals surface area (Å²) in [6, 6.07) is 2.31. The fraction of sp³-hybridized carbons (Fsp3) is 0.333. The number of esters is 1. The van der Waals surface area contributed by atoms with Gasteiger partial charge in [0.05, 0.1) is 17.1 Å². The van der Waals surface area contributed by atoms with Crippen molar-refractivity contribution >= 4 is 37.9 Å². The van der Waals surface area contributed by atoms with Crippen LogP contribution < -0.4 is 4.72 Å². The Morgan fingerprint density at radius 2 is 2.00 bits per heavy atom. The van der Waals surface area contributed by atoms with Crippen LogP contribution in [0.15, 0.2) is 21.5 Å². The number of carboxylic acid groups (broad SMARTS) is 1. The van der Waals surface area contributed by atoms with Crippen molar-refractivity contribution < 1.29 is 27.9 Å². The van der Waals surface area contributed by atoms with E-state index in [9.17, 15) is 18.0 Å². The van der Waals surface area contributed by atoms with Gasteiger partial charge in [-0.3, -0.25) is 4.79 Å². The maximum absolute atomic E-state index is 12.0. The molecule has 0 fully saturated rings. The highest BCUT2D eigenvalue weighted by Gasteiger charge is 2.20. The zero-order chi connectivity index (χ0) is 16.2. The van der Waals surface area contributed by atoms with Crippen molar-refractivity contribution in [1.82, 2.24) is 4.72 Å². The van der Waals surface area contributed by atoms with Gasteiger partial charge in [0, 0.05) is 4.47 Å². The Bertz CT molecular complexity index is 671. The third-order valence-electron chi connectivity index (χ3n) is 2.57. The Kier molecular flexibility index (Phi) is 5.87. The van der Waals surface area contributed by atoms with E-state index in [2.05, 4.69) is 25.4 Å². The van der Waals surface area contributed by atoms with Gasteiger partial charge >= 0.3 is 11.9 Å². The van der Waals surface area contributed by atoms with Crippen molar-refractivity contribution in [1.29, 1.82) is 0 Å². The molecule has 21 heavy (non-hydrogen) atoms. The summed E-state index contributed by atoms with van der Waals surface area (Å²) >= 11 is 3.12. The number of halogens is 1. The number of ether oxygens (including phenoxy) is 1. The van der Waals surface area contributed by atoms with E-state index in [1.54, 1.807) is 13.8 Å². The van der Waals surface area contributed by atoms with Gasteiger partial charge in [0.2, 0.25) is 10.0 Å². The van der Waals surface area contributed by atoms with E-state index in [0.29, 0.717) is 10.0 Å². The maximum Gasteiger partial charge on any atom is 0.336 e. The first-order valence-electron chi connectivity index (χ1n) is 5.87. The van der Waals surface area contributed by atoms with Crippen LogP contribution in [0.2, 0.25) is 0 Å². The van der Waals surface area contributed by atoms with Crippen LogP contribution in [0.3, 0.4) is 0 Å². The molecule has 0 saturated carbocycles. The quantitative estimate of drug-likeness (QED) is 0.720. The number of carboxylic acids is 1. The molecule has 1 aromatic rings. The van der Waals surface area contributed by atoms with E-state index in [1.165, 1.54) is 6.07 Å². The molecular formula is C12H14BrNO6S. The molecule has 0 heterocycles. The fourth-order valence-electron chi connectivity index (χ4n) is 1.48. The summed E-state index contributed by atoms with van der Waals surface area (Å²) < 4.78 is 31.1. The second-order valence-corrected chi connectivity index (χ2v) is 6.63. The smallest absolute Gasteiger partial charge is 0.336 e. The highest BCUT2D eigenvalue weighted by Crippen LogP contribution is 2.24. The van der Waals surface area contributed by atoms with Crippen molar-refractivity contribution in [3.8, 4) is 0 Å². The number of aromatic carboxylic acids is 1. The Hall–Kier alpha value is -1.45. The first-order chi connectivity index (χ1) is 9.69. The van der Waals surface area contributed by atoms with Crippen molar-refractivity contribution in [3.05, 3.63) is 27.7 Å². The molecule has 0 aromatic heterocycles. The van der Waals surface area contributed by atoms with Gasteiger partial charge in [-0.2, -0.15) is 4.72 Å². The lowest BCUT2D eigenvalue weighted by Gasteiger charge is -2.10. The molecule has 0 radical (unpaired) electrons. The highest BCUT2D eigenvalue weighted by atomic mass is 79.9. The molecular weight excluding hydrogens is 366 g/mol. The van der Waals surface area contributed by atoms with E-state index in [4.69, 9.17) is 5.11 Å². The lowest BCUT2D eigenvalue weighted by Crippen LogP contribution is -2.31. The molecule has 0 atom stereocenters. The van der Waals surface area contributed by atoms with Crippen LogP contribution in [0.5, 0.6) is 0 Å². The van der Waals surface area contributed by atoms with Crippen LogP contribution in [0.25, 0.3) is 0 Å². The molecule has 1 aromatic carbocycles. The van der Waals surface area contributed by atoms with Crippen LogP contribution in [-0.2, 0) is 19.6 Å². The van der Waals surface area contributed by atoms with Gasteiger partial charge in [-0.25, -0.2) is 13.2 Å². The first kappa shape index (κ1) is 17.6. The van der Waals surface area contributed by atoms with Gasteiger partial charge in [-0.1, -0.05) is 15.9 Å². The molecule has 1 rings (SSSR count). The van der Waals surface area contributed by atoms with Crippen LogP contribution in [0, 0.1) is 6.92 Å². The number of hydrogen-bond acceptors (Lipinski definition) is 5. The third kappa shape index (κ3) is 4.51. The SMILES string of the molecule is CCOC(=O)CNS(=O)(=O)c1cc(Br)c(C)c(C(=O)O)c1. The largest absolute Gasteiger partial charge is 0.478 e. The predicted molar refractivity (Wildman–Crippen MR) is 77.7 cm³/mol. The van der Waals surface area contributed by atoms with E-state index < -0.39 is 28.5 Å². The van der Waals surface area contributed by atoms with Crippen molar-refractivity contribution in [2.24, 2.45) is 0 Å². The molecule has 2 N–H and O–H groups in total. The summed E-state index contributed by atoms with van der Waals surface area (Å²) in [5, 5.41) is 9.06. The summed E-state index contributed by atoms with van der Waals surface area (Å²) in [5.74, 6) is -1.96. The fourth-order valence-corrected chi connectivity index (χ4v) is 3.11. The average Bonchev–Trinajstić information content (AvgIpc) is 2.39. The van der Waals surface area contributed by atoms with Gasteiger partial charge in [-0.15, -0.1) is 0 Å². The third-order valence-corrected chi connectivity index (χ3v) is 4.77. The lowest BCUT2D eigenvalue weighted by molar-refractivity contribution is -0.141. The molecule has 7 nitrogen and oxygen atoms in total. The Labute approximate surface area is 130 Å². The van der Waals surface area contributed by atoms with Crippen LogP contribution >= 0.6 is 15.9 Å². The van der Waals surface area contributed by atoms with Gasteiger partial charge in [0.15, 0.2) is 0 Å². The standard InChI is InChI=1S/C12H14BrNO6S/c1-3-20-11(15)6-14-21(18,19)8-4-9(12(16)17)7(2)10(13)5-8/h4-5,14H,3,6H2,1-2H3,(H,16,17). The van der Waals surface area contributed by atoms with E-state index in [1.807, 2.05) is 0 Å². The van der Waals surface area contributed by atoms with Gasteiger partial charge < -0.3 is 9.84 Å². The Morgan fingerprint density at radius 3 is 2.52 bits per heavy atom. The minimum absolute atomic E-state index is 0.138. The summed E-state index contributed by atoms with van der Waals surface area (Å²) in [5.41, 5.74) is 0.271. The Balaban J connectivity index is 3.09. The van der Waals surface area contributed by atoms with Crippen molar-refractivity contribution in [2.45, 2.75) is 18.7 Å². The molecule has 0 amide bonds. The van der Waals surface area contributed by atoms with E-state index >= 15 is 0 Å². The molecule has 116 valence electrons. The highest BCUT2D eigenvalue weighted by molar-refractivity contribution is 9.10. The summed E-state index contributed by atoms with van der Waals surface area (Å²) in [7, 11) is -4.01. The molecule has 0 aliphatic heterocycles. The van der Waals surface area contributed by atoms with Gasteiger partial charge in [0.25, 0.3) is 0 Å². The minimum atomic E-state index is -4.01. The molecule has 0 unspecified atom stereocenters. The molecule has 0 bridgehead atoms. The Morgan fingerprint density at radius 1 is 1.38 bits per heavy atom. The van der Waals surface area contributed by atoms with Crippen LogP contribution in [0.1, 0.15) is 22.8 Å².